The molecule has 0 spiro atoms. The Morgan fingerprint density at radius 1 is 0.759 bits per heavy atom. The van der Waals surface area contributed by atoms with Crippen molar-refractivity contribution < 1.29 is 13.5 Å². The molecule has 0 atom stereocenters. The lowest BCUT2D eigenvalue weighted by Crippen LogP contribution is -2.01. The third-order valence-corrected chi connectivity index (χ3v) is 3.95. The second kappa shape index (κ2) is 8.35. The minimum Gasteiger partial charge on any atom is -0.455 e. The summed E-state index contributed by atoms with van der Waals surface area (Å²) in [6.07, 6.45) is 1.55. The fourth-order valence-corrected chi connectivity index (χ4v) is 2.61. The highest BCUT2D eigenvalue weighted by atomic mass is 19.2. The normalized spacial score (nSPS) is 10.4. The number of para-hydroxylation sites is 3. The van der Waals surface area contributed by atoms with Crippen molar-refractivity contribution >= 4 is 23.1 Å². The maximum absolute atomic E-state index is 13.4. The quantitative estimate of drug-likeness (QED) is 0.421. The van der Waals surface area contributed by atoms with E-state index in [1.54, 1.807) is 12.3 Å². The van der Waals surface area contributed by atoms with E-state index in [0.717, 1.165) is 12.1 Å². The van der Waals surface area contributed by atoms with Crippen molar-refractivity contribution in [2.24, 2.45) is 0 Å². The number of ether oxygens (including phenoxy) is 1. The Bertz CT molecular complexity index is 1120. The molecule has 0 unspecified atom stereocenters. The molecule has 7 heteroatoms. The van der Waals surface area contributed by atoms with Gasteiger partial charge in [-0.1, -0.05) is 30.3 Å². The van der Waals surface area contributed by atoms with E-state index in [1.807, 2.05) is 54.6 Å². The lowest BCUT2D eigenvalue weighted by atomic mass is 10.3. The number of benzene rings is 3. The second-order valence-corrected chi connectivity index (χ2v) is 6.06. The monoisotopic (exact) mass is 390 g/mol. The van der Waals surface area contributed by atoms with Gasteiger partial charge in [0.1, 0.15) is 11.6 Å². The van der Waals surface area contributed by atoms with Gasteiger partial charge in [-0.3, -0.25) is 0 Å². The first-order valence-electron chi connectivity index (χ1n) is 8.81. The van der Waals surface area contributed by atoms with Crippen molar-refractivity contribution in [1.82, 2.24) is 9.97 Å². The Hall–Kier alpha value is -4.00. The fourth-order valence-electron chi connectivity index (χ4n) is 2.61. The summed E-state index contributed by atoms with van der Waals surface area (Å²) in [5.41, 5.74) is 1.06. The van der Waals surface area contributed by atoms with Crippen LogP contribution in [0.1, 0.15) is 0 Å². The zero-order valence-corrected chi connectivity index (χ0v) is 15.1. The summed E-state index contributed by atoms with van der Waals surface area (Å²) in [6, 6.07) is 22.0. The Morgan fingerprint density at radius 2 is 1.55 bits per heavy atom. The van der Waals surface area contributed by atoms with Gasteiger partial charge in [-0.25, -0.2) is 13.8 Å². The summed E-state index contributed by atoms with van der Waals surface area (Å²) in [6.45, 7) is 0. The highest BCUT2D eigenvalue weighted by Gasteiger charge is 2.08. The first-order valence-corrected chi connectivity index (χ1v) is 8.81. The largest absolute Gasteiger partial charge is 0.455 e. The molecule has 0 aliphatic heterocycles. The van der Waals surface area contributed by atoms with Gasteiger partial charge in [0.15, 0.2) is 17.4 Å². The minimum absolute atomic E-state index is 0.321. The number of rotatable bonds is 6. The van der Waals surface area contributed by atoms with Crippen LogP contribution in [0.5, 0.6) is 11.5 Å². The van der Waals surface area contributed by atoms with Gasteiger partial charge in [-0.2, -0.15) is 4.98 Å². The zero-order chi connectivity index (χ0) is 20.1. The number of anilines is 4. The molecule has 3 aromatic carbocycles. The molecule has 0 bridgehead atoms. The maximum Gasteiger partial charge on any atom is 0.229 e. The van der Waals surface area contributed by atoms with Crippen molar-refractivity contribution in [2.75, 3.05) is 10.6 Å². The van der Waals surface area contributed by atoms with Crippen molar-refractivity contribution in [3.63, 3.8) is 0 Å². The van der Waals surface area contributed by atoms with Crippen LogP contribution in [0.4, 0.5) is 31.9 Å². The van der Waals surface area contributed by atoms with Gasteiger partial charge >= 0.3 is 0 Å². The first-order chi connectivity index (χ1) is 14.2. The van der Waals surface area contributed by atoms with Crippen molar-refractivity contribution in [3.05, 3.63) is 96.7 Å². The van der Waals surface area contributed by atoms with E-state index in [0.29, 0.717) is 34.6 Å². The Balaban J connectivity index is 1.53. The topological polar surface area (TPSA) is 59.1 Å². The van der Waals surface area contributed by atoms with Crippen LogP contribution in [0.2, 0.25) is 0 Å². The van der Waals surface area contributed by atoms with E-state index in [2.05, 4.69) is 20.6 Å². The van der Waals surface area contributed by atoms with Gasteiger partial charge in [-0.05, 0) is 42.5 Å². The summed E-state index contributed by atoms with van der Waals surface area (Å²) >= 11 is 0. The van der Waals surface area contributed by atoms with Crippen LogP contribution in [0.25, 0.3) is 0 Å². The molecule has 4 aromatic rings. The van der Waals surface area contributed by atoms with E-state index in [1.165, 1.54) is 6.07 Å². The van der Waals surface area contributed by atoms with Crippen LogP contribution in [0.3, 0.4) is 0 Å². The van der Waals surface area contributed by atoms with Gasteiger partial charge in [0.05, 0.1) is 5.69 Å². The minimum atomic E-state index is -0.936. The van der Waals surface area contributed by atoms with Crippen molar-refractivity contribution in [3.8, 4) is 11.5 Å². The zero-order valence-electron chi connectivity index (χ0n) is 15.1. The van der Waals surface area contributed by atoms with Gasteiger partial charge in [0.25, 0.3) is 0 Å². The highest BCUT2D eigenvalue weighted by molar-refractivity contribution is 5.64. The average Bonchev–Trinajstić information content (AvgIpc) is 2.73. The number of hydrogen-bond donors (Lipinski definition) is 2. The van der Waals surface area contributed by atoms with Crippen LogP contribution >= 0.6 is 0 Å². The number of nitrogens with zero attached hydrogens (tertiary/aromatic N) is 2. The third-order valence-electron chi connectivity index (χ3n) is 3.95. The molecule has 0 aliphatic rings. The van der Waals surface area contributed by atoms with Gasteiger partial charge in [-0.15, -0.1) is 0 Å². The maximum atomic E-state index is 13.4. The molecule has 1 heterocycles. The number of aromatic nitrogens is 2. The average molecular weight is 390 g/mol. The molecule has 0 saturated carbocycles. The molecule has 144 valence electrons. The summed E-state index contributed by atoms with van der Waals surface area (Å²) < 4.78 is 32.4. The van der Waals surface area contributed by atoms with E-state index in [-0.39, 0.29) is 0 Å². The molecule has 1 aromatic heterocycles. The highest BCUT2D eigenvalue weighted by Crippen LogP contribution is 2.30. The fraction of sp³-hybridized carbons (Fsp3) is 0. The van der Waals surface area contributed by atoms with E-state index >= 15 is 0 Å². The Labute approximate surface area is 166 Å². The number of halogens is 2. The lowest BCUT2D eigenvalue weighted by molar-refractivity contribution is 0.485. The summed E-state index contributed by atoms with van der Waals surface area (Å²) in [5, 5.41) is 6.04. The third kappa shape index (κ3) is 4.65. The number of hydrogen-bond acceptors (Lipinski definition) is 5. The van der Waals surface area contributed by atoms with E-state index in [4.69, 9.17) is 4.74 Å². The molecular formula is C22H16F2N4O. The molecule has 29 heavy (non-hydrogen) atoms. The summed E-state index contributed by atoms with van der Waals surface area (Å²) in [5.74, 6) is 0.222. The van der Waals surface area contributed by atoms with Crippen LogP contribution in [0.15, 0.2) is 85.1 Å². The molecule has 0 saturated heterocycles. The number of nitrogens with one attached hydrogen (secondary N) is 2. The molecule has 4 rings (SSSR count). The standard InChI is InChI=1S/C22H16F2N4O/c23-17-11-10-15(14-18(17)24)26-21-12-13-25-22(28-21)27-19-8-4-5-9-20(19)29-16-6-2-1-3-7-16/h1-14H,(H2,25,26,27,28). The van der Waals surface area contributed by atoms with Gasteiger partial charge in [0.2, 0.25) is 5.95 Å². The molecule has 0 radical (unpaired) electrons. The molecule has 5 nitrogen and oxygen atoms in total. The second-order valence-electron chi connectivity index (χ2n) is 6.06. The molecule has 0 amide bonds. The Morgan fingerprint density at radius 3 is 2.38 bits per heavy atom. The smallest absolute Gasteiger partial charge is 0.229 e. The summed E-state index contributed by atoms with van der Waals surface area (Å²) in [7, 11) is 0. The van der Waals surface area contributed by atoms with Crippen LogP contribution in [-0.4, -0.2) is 9.97 Å². The summed E-state index contributed by atoms with van der Waals surface area (Å²) in [4.78, 5) is 8.56. The first kappa shape index (κ1) is 18.4. The van der Waals surface area contributed by atoms with Crippen molar-refractivity contribution in [1.29, 1.82) is 0 Å². The van der Waals surface area contributed by atoms with Gasteiger partial charge in [0, 0.05) is 18.0 Å². The van der Waals surface area contributed by atoms with Crippen LogP contribution < -0.4 is 15.4 Å². The molecular weight excluding hydrogens is 374 g/mol. The Kier molecular flexibility index (Phi) is 5.29. The van der Waals surface area contributed by atoms with Gasteiger partial charge < -0.3 is 15.4 Å². The predicted octanol–water partition coefficient (Wildman–Crippen LogP) is 6.03. The van der Waals surface area contributed by atoms with E-state index in [9.17, 15) is 8.78 Å². The van der Waals surface area contributed by atoms with Crippen LogP contribution in [0, 0.1) is 11.6 Å². The van der Waals surface area contributed by atoms with Crippen LogP contribution in [-0.2, 0) is 0 Å². The molecule has 0 fully saturated rings. The van der Waals surface area contributed by atoms with E-state index < -0.39 is 11.6 Å². The molecule has 2 N–H and O–H groups in total. The molecule has 0 aliphatic carbocycles. The predicted molar refractivity (Wildman–Crippen MR) is 108 cm³/mol. The SMILES string of the molecule is Fc1ccc(Nc2ccnc(Nc3ccccc3Oc3ccccc3)n2)cc1F. The van der Waals surface area contributed by atoms with Crippen molar-refractivity contribution in [2.45, 2.75) is 0 Å². The lowest BCUT2D eigenvalue weighted by Gasteiger charge is -2.13.